The van der Waals surface area contributed by atoms with Crippen molar-refractivity contribution in [3.63, 3.8) is 0 Å². The van der Waals surface area contributed by atoms with Crippen molar-refractivity contribution >= 4 is 12.2 Å². The van der Waals surface area contributed by atoms with E-state index in [2.05, 4.69) is 13.2 Å². The molecule has 14 heavy (non-hydrogen) atoms. The maximum absolute atomic E-state index is 9.22. The van der Waals surface area contributed by atoms with Gasteiger partial charge in [0.2, 0.25) is 0 Å². The highest BCUT2D eigenvalue weighted by atomic mass is 16.5. The Morgan fingerprint density at radius 3 is 2.50 bits per heavy atom. The molecule has 0 heterocycles. The molecule has 0 amide bonds. The second-order valence-corrected chi connectivity index (χ2v) is 2.82. The molecule has 0 aliphatic heterocycles. The van der Waals surface area contributed by atoms with Crippen LogP contribution in [0.3, 0.4) is 0 Å². The van der Waals surface area contributed by atoms with Gasteiger partial charge in [-0.1, -0.05) is 31.4 Å². The first-order chi connectivity index (χ1) is 6.78. The molecule has 0 aromatic heterocycles. The summed E-state index contributed by atoms with van der Waals surface area (Å²) in [5, 5.41) is 9.22. The Morgan fingerprint density at radius 1 is 1.36 bits per heavy atom. The van der Waals surface area contributed by atoms with Crippen LogP contribution >= 0.6 is 0 Å². The zero-order chi connectivity index (χ0) is 10.6. The summed E-state index contributed by atoms with van der Waals surface area (Å²) in [6.07, 6.45) is 3.43. The van der Waals surface area contributed by atoms with Crippen LogP contribution in [0.4, 0.5) is 0 Å². The van der Waals surface area contributed by atoms with Crippen molar-refractivity contribution in [2.75, 3.05) is 7.11 Å². The van der Waals surface area contributed by atoms with Crippen molar-refractivity contribution in [3.05, 3.63) is 42.0 Å². The van der Waals surface area contributed by atoms with E-state index in [1.54, 1.807) is 19.3 Å². The van der Waals surface area contributed by atoms with Crippen LogP contribution in [0.5, 0.6) is 5.75 Å². The maximum atomic E-state index is 9.22. The maximum Gasteiger partial charge on any atom is 0.125 e. The van der Waals surface area contributed by atoms with Gasteiger partial charge in [0, 0.05) is 5.56 Å². The second-order valence-electron chi connectivity index (χ2n) is 2.82. The van der Waals surface area contributed by atoms with Crippen molar-refractivity contribution in [3.8, 4) is 5.75 Å². The molecule has 0 saturated carbocycles. The third-order valence-electron chi connectivity index (χ3n) is 2.15. The summed E-state index contributed by atoms with van der Waals surface area (Å²) >= 11 is 0. The van der Waals surface area contributed by atoms with Gasteiger partial charge in [0.15, 0.2) is 0 Å². The summed E-state index contributed by atoms with van der Waals surface area (Å²) in [7, 11) is 1.58. The quantitative estimate of drug-likeness (QED) is 0.790. The lowest BCUT2D eigenvalue weighted by Gasteiger charge is -2.11. The molecule has 0 saturated heterocycles. The molecule has 2 nitrogen and oxygen atoms in total. The van der Waals surface area contributed by atoms with Gasteiger partial charge in [0.1, 0.15) is 5.75 Å². The minimum Gasteiger partial charge on any atom is -0.496 e. The molecule has 0 spiro atoms. The van der Waals surface area contributed by atoms with Gasteiger partial charge in [0.25, 0.3) is 0 Å². The van der Waals surface area contributed by atoms with E-state index in [4.69, 9.17) is 4.74 Å². The summed E-state index contributed by atoms with van der Waals surface area (Å²) in [4.78, 5) is 0. The van der Waals surface area contributed by atoms with Crippen LogP contribution in [-0.4, -0.2) is 12.2 Å². The van der Waals surface area contributed by atoms with E-state index in [1.807, 2.05) is 12.1 Å². The van der Waals surface area contributed by atoms with Crippen LogP contribution in [0.2, 0.25) is 0 Å². The van der Waals surface area contributed by atoms with Crippen LogP contribution in [0, 0.1) is 0 Å². The van der Waals surface area contributed by atoms with E-state index in [0.717, 1.165) is 16.7 Å². The van der Waals surface area contributed by atoms with Crippen molar-refractivity contribution in [1.29, 1.82) is 0 Å². The fourth-order valence-electron chi connectivity index (χ4n) is 1.44. The summed E-state index contributed by atoms with van der Waals surface area (Å²) in [6.45, 7) is 7.35. The Bertz CT molecular complexity index is 354. The van der Waals surface area contributed by atoms with Crippen LogP contribution in [0.15, 0.2) is 25.3 Å². The van der Waals surface area contributed by atoms with Gasteiger partial charge in [-0.15, -0.1) is 0 Å². The molecule has 0 radical (unpaired) electrons. The standard InChI is InChI=1S/C12H14O2/c1-4-9-6-7-12(14-3)11(8-13)10(9)5-2/h4-7,13H,1-2,8H2,3H3. The average molecular weight is 190 g/mol. The summed E-state index contributed by atoms with van der Waals surface area (Å²) in [5.74, 6) is 0.674. The van der Waals surface area contributed by atoms with Crippen LogP contribution < -0.4 is 4.74 Å². The fourth-order valence-corrected chi connectivity index (χ4v) is 1.44. The minimum atomic E-state index is -0.0633. The number of ether oxygens (including phenoxy) is 1. The molecule has 0 unspecified atom stereocenters. The van der Waals surface area contributed by atoms with E-state index < -0.39 is 0 Å². The molecule has 0 fully saturated rings. The van der Waals surface area contributed by atoms with Crippen LogP contribution in [0.1, 0.15) is 16.7 Å². The summed E-state index contributed by atoms with van der Waals surface area (Å²) in [6, 6.07) is 3.71. The fraction of sp³-hybridized carbons (Fsp3) is 0.167. The van der Waals surface area contributed by atoms with Crippen molar-refractivity contribution in [1.82, 2.24) is 0 Å². The molecule has 1 aromatic carbocycles. The average Bonchev–Trinajstić information content (AvgIpc) is 2.26. The van der Waals surface area contributed by atoms with Crippen LogP contribution in [-0.2, 0) is 6.61 Å². The third kappa shape index (κ3) is 1.70. The zero-order valence-electron chi connectivity index (χ0n) is 8.29. The largest absolute Gasteiger partial charge is 0.496 e. The van der Waals surface area contributed by atoms with Gasteiger partial charge < -0.3 is 9.84 Å². The summed E-state index contributed by atoms with van der Waals surface area (Å²) in [5.41, 5.74) is 2.58. The van der Waals surface area contributed by atoms with E-state index in [1.165, 1.54) is 0 Å². The molecule has 1 rings (SSSR count). The predicted octanol–water partition coefficient (Wildman–Crippen LogP) is 2.47. The smallest absolute Gasteiger partial charge is 0.125 e. The normalized spacial score (nSPS) is 9.57. The van der Waals surface area contributed by atoms with E-state index in [0.29, 0.717) is 5.75 Å². The monoisotopic (exact) mass is 190 g/mol. The Labute approximate surface area is 84.1 Å². The van der Waals surface area contributed by atoms with Gasteiger partial charge in [0.05, 0.1) is 13.7 Å². The highest BCUT2D eigenvalue weighted by Crippen LogP contribution is 2.27. The van der Waals surface area contributed by atoms with Gasteiger partial charge in [-0.05, 0) is 17.2 Å². The first-order valence-corrected chi connectivity index (χ1v) is 4.34. The molecule has 1 aromatic rings. The lowest BCUT2D eigenvalue weighted by molar-refractivity contribution is 0.273. The molecular formula is C12H14O2. The van der Waals surface area contributed by atoms with Gasteiger partial charge in [-0.25, -0.2) is 0 Å². The number of aliphatic hydroxyl groups is 1. The van der Waals surface area contributed by atoms with Gasteiger partial charge in [-0.3, -0.25) is 0 Å². The van der Waals surface area contributed by atoms with Gasteiger partial charge in [-0.2, -0.15) is 0 Å². The second kappa shape index (κ2) is 4.63. The van der Waals surface area contributed by atoms with E-state index in [9.17, 15) is 5.11 Å². The first-order valence-electron chi connectivity index (χ1n) is 4.34. The molecule has 2 heteroatoms. The molecule has 0 aliphatic rings. The van der Waals surface area contributed by atoms with E-state index >= 15 is 0 Å². The molecule has 0 atom stereocenters. The summed E-state index contributed by atoms with van der Waals surface area (Å²) < 4.78 is 5.14. The van der Waals surface area contributed by atoms with Crippen LogP contribution in [0.25, 0.3) is 12.2 Å². The minimum absolute atomic E-state index is 0.0633. The molecular weight excluding hydrogens is 176 g/mol. The predicted molar refractivity (Wildman–Crippen MR) is 59.1 cm³/mol. The number of rotatable bonds is 4. The van der Waals surface area contributed by atoms with Crippen molar-refractivity contribution in [2.45, 2.75) is 6.61 Å². The first kappa shape index (κ1) is 10.5. The Hall–Kier alpha value is -1.54. The highest BCUT2D eigenvalue weighted by Gasteiger charge is 2.08. The zero-order valence-corrected chi connectivity index (χ0v) is 8.29. The lowest BCUT2D eigenvalue weighted by atomic mass is 10.0. The number of methoxy groups -OCH3 is 1. The van der Waals surface area contributed by atoms with Crippen molar-refractivity contribution < 1.29 is 9.84 Å². The Kier molecular flexibility index (Phi) is 3.48. The highest BCUT2D eigenvalue weighted by molar-refractivity contribution is 5.68. The third-order valence-corrected chi connectivity index (χ3v) is 2.15. The molecule has 74 valence electrons. The number of aliphatic hydroxyl groups excluding tert-OH is 1. The molecule has 0 aliphatic carbocycles. The topological polar surface area (TPSA) is 29.5 Å². The van der Waals surface area contributed by atoms with E-state index in [-0.39, 0.29) is 6.61 Å². The molecule has 1 N–H and O–H groups in total. The Balaban J connectivity index is 3.43. The van der Waals surface area contributed by atoms with Gasteiger partial charge >= 0.3 is 0 Å². The Morgan fingerprint density at radius 2 is 2.07 bits per heavy atom. The lowest BCUT2D eigenvalue weighted by Crippen LogP contribution is -1.97. The van der Waals surface area contributed by atoms with Crippen molar-refractivity contribution in [2.24, 2.45) is 0 Å². The SMILES string of the molecule is C=Cc1ccc(OC)c(CO)c1C=C. The number of benzene rings is 1. The number of hydrogen-bond donors (Lipinski definition) is 1. The molecule has 0 bridgehead atoms. The number of hydrogen-bond acceptors (Lipinski definition) is 2.